The zero-order chi connectivity index (χ0) is 17.2. The Hall–Kier alpha value is -2.08. The van der Waals surface area contributed by atoms with Gasteiger partial charge in [0.25, 0.3) is 0 Å². The number of ether oxygens (including phenoxy) is 1. The summed E-state index contributed by atoms with van der Waals surface area (Å²) in [6.45, 7) is 4.17. The van der Waals surface area contributed by atoms with Crippen LogP contribution in [-0.2, 0) is 16.1 Å². The van der Waals surface area contributed by atoms with Gasteiger partial charge in [-0.15, -0.1) is 0 Å². The van der Waals surface area contributed by atoms with Crippen LogP contribution in [0.25, 0.3) is 0 Å². The number of aliphatic carboxylic acids is 1. The van der Waals surface area contributed by atoms with Crippen LogP contribution in [0.3, 0.4) is 0 Å². The molecule has 0 aliphatic heterocycles. The number of carboxylic acid groups (broad SMARTS) is 1. The first kappa shape index (κ1) is 19.0. The largest absolute Gasteiger partial charge is 0.479 e. The highest BCUT2D eigenvalue weighted by Gasteiger charge is 2.27. The highest BCUT2D eigenvalue weighted by atomic mass is 16.5. The average Bonchev–Trinajstić information content (AvgIpc) is 2.56. The van der Waals surface area contributed by atoms with Gasteiger partial charge in [0.05, 0.1) is 6.04 Å². The Morgan fingerprint density at radius 3 is 2.43 bits per heavy atom. The number of aliphatic hydroxyl groups excluding tert-OH is 1. The van der Waals surface area contributed by atoms with E-state index >= 15 is 0 Å². The predicted molar refractivity (Wildman–Crippen MR) is 85.9 cm³/mol. The summed E-state index contributed by atoms with van der Waals surface area (Å²) < 4.78 is 5.07. The number of rotatable bonds is 9. The first-order chi connectivity index (χ1) is 10.9. The first-order valence-electron chi connectivity index (χ1n) is 7.82. The number of nitrogens with one attached hydrogen (secondary N) is 1. The highest BCUT2D eigenvalue weighted by Crippen LogP contribution is 2.14. The molecule has 0 fully saturated rings. The van der Waals surface area contributed by atoms with Gasteiger partial charge in [-0.1, -0.05) is 50.6 Å². The maximum atomic E-state index is 11.8. The molecule has 0 spiro atoms. The van der Waals surface area contributed by atoms with Gasteiger partial charge in [-0.05, 0) is 24.3 Å². The molecule has 6 nitrogen and oxygen atoms in total. The number of hydrogen-bond acceptors (Lipinski definition) is 4. The van der Waals surface area contributed by atoms with E-state index in [4.69, 9.17) is 9.84 Å². The lowest BCUT2D eigenvalue weighted by Crippen LogP contribution is -2.47. The van der Waals surface area contributed by atoms with Crippen LogP contribution < -0.4 is 5.32 Å². The van der Waals surface area contributed by atoms with Gasteiger partial charge in [-0.3, -0.25) is 0 Å². The van der Waals surface area contributed by atoms with Gasteiger partial charge >= 0.3 is 12.1 Å². The van der Waals surface area contributed by atoms with E-state index in [0.29, 0.717) is 18.8 Å². The number of aliphatic hydroxyl groups is 1. The minimum absolute atomic E-state index is 0.0912. The molecule has 128 valence electrons. The quantitative estimate of drug-likeness (QED) is 0.649. The minimum Gasteiger partial charge on any atom is -0.479 e. The molecule has 1 aromatic carbocycles. The van der Waals surface area contributed by atoms with Crippen molar-refractivity contribution >= 4 is 12.1 Å². The molecule has 1 aromatic rings. The molecule has 6 heteroatoms. The van der Waals surface area contributed by atoms with E-state index in [-0.39, 0.29) is 6.61 Å². The Labute approximate surface area is 136 Å². The van der Waals surface area contributed by atoms with Crippen molar-refractivity contribution in [2.75, 3.05) is 0 Å². The van der Waals surface area contributed by atoms with E-state index in [0.717, 1.165) is 12.0 Å². The van der Waals surface area contributed by atoms with E-state index in [2.05, 4.69) is 5.32 Å². The van der Waals surface area contributed by atoms with Crippen LogP contribution >= 0.6 is 0 Å². The lowest BCUT2D eigenvalue weighted by molar-refractivity contribution is -0.148. The molecule has 0 aliphatic carbocycles. The second kappa shape index (κ2) is 9.84. The van der Waals surface area contributed by atoms with Gasteiger partial charge in [0, 0.05) is 0 Å². The van der Waals surface area contributed by atoms with E-state index < -0.39 is 24.2 Å². The standard InChI is InChI=1S/C17H25NO5/c1-3-12(2)9-10-14(15(19)16(20)21)18-17(22)23-11-13-7-5-4-6-8-13/h4-8,12,14-15,19H,3,9-11H2,1-2H3,(H,18,22)(H,20,21)/t12-,14?,15?/m0/s1. The molecule has 23 heavy (non-hydrogen) atoms. The number of carbonyl (C=O) groups excluding carboxylic acids is 1. The third kappa shape index (κ3) is 7.15. The van der Waals surface area contributed by atoms with Gasteiger partial charge in [0.15, 0.2) is 6.10 Å². The van der Waals surface area contributed by atoms with Crippen LogP contribution in [0.4, 0.5) is 4.79 Å². The van der Waals surface area contributed by atoms with E-state index in [9.17, 15) is 14.7 Å². The molecule has 0 aromatic heterocycles. The summed E-state index contributed by atoms with van der Waals surface area (Å²) in [6, 6.07) is 8.29. The van der Waals surface area contributed by atoms with Crippen LogP contribution in [0.5, 0.6) is 0 Å². The molecule has 0 saturated carbocycles. The lowest BCUT2D eigenvalue weighted by atomic mass is 9.97. The zero-order valence-corrected chi connectivity index (χ0v) is 13.6. The van der Waals surface area contributed by atoms with E-state index in [1.165, 1.54) is 0 Å². The van der Waals surface area contributed by atoms with Crippen molar-refractivity contribution in [3.63, 3.8) is 0 Å². The van der Waals surface area contributed by atoms with Crippen LogP contribution in [0.2, 0.25) is 0 Å². The summed E-state index contributed by atoms with van der Waals surface area (Å²) in [5.74, 6) is -0.969. The number of carbonyl (C=O) groups is 2. The number of hydrogen-bond donors (Lipinski definition) is 3. The Bertz CT molecular complexity index is 491. The van der Waals surface area contributed by atoms with E-state index in [1.807, 2.05) is 44.2 Å². The molecular weight excluding hydrogens is 298 g/mol. The molecule has 0 aliphatic rings. The topological polar surface area (TPSA) is 95.9 Å². The third-order valence-corrected chi connectivity index (χ3v) is 3.82. The summed E-state index contributed by atoms with van der Waals surface area (Å²) in [6.07, 6.45) is -0.339. The van der Waals surface area contributed by atoms with Crippen LogP contribution in [0, 0.1) is 5.92 Å². The second-order valence-electron chi connectivity index (χ2n) is 5.69. The zero-order valence-electron chi connectivity index (χ0n) is 13.6. The molecule has 0 saturated heterocycles. The predicted octanol–water partition coefficient (Wildman–Crippen LogP) is 2.55. The fourth-order valence-electron chi connectivity index (χ4n) is 2.07. The number of alkyl carbamates (subject to hydrolysis) is 1. The lowest BCUT2D eigenvalue weighted by Gasteiger charge is -2.22. The third-order valence-electron chi connectivity index (χ3n) is 3.82. The number of amides is 1. The van der Waals surface area contributed by atoms with Crippen molar-refractivity contribution in [1.82, 2.24) is 5.32 Å². The van der Waals surface area contributed by atoms with Gasteiger partial charge in [-0.2, -0.15) is 0 Å². The summed E-state index contributed by atoms with van der Waals surface area (Å²) in [7, 11) is 0. The van der Waals surface area contributed by atoms with Crippen molar-refractivity contribution in [3.8, 4) is 0 Å². The van der Waals surface area contributed by atoms with Gasteiger partial charge in [0.1, 0.15) is 6.61 Å². The van der Waals surface area contributed by atoms with Crippen molar-refractivity contribution in [2.45, 2.75) is 51.9 Å². The van der Waals surface area contributed by atoms with Gasteiger partial charge < -0.3 is 20.3 Å². The Balaban J connectivity index is 2.53. The summed E-state index contributed by atoms with van der Waals surface area (Å²) >= 11 is 0. The summed E-state index contributed by atoms with van der Waals surface area (Å²) in [5.41, 5.74) is 0.831. The molecule has 2 unspecified atom stereocenters. The maximum Gasteiger partial charge on any atom is 0.407 e. The molecule has 3 N–H and O–H groups in total. The normalized spacial score (nSPS) is 14.6. The fourth-order valence-corrected chi connectivity index (χ4v) is 2.07. The van der Waals surface area contributed by atoms with Crippen molar-refractivity contribution in [2.24, 2.45) is 5.92 Å². The summed E-state index contributed by atoms with van der Waals surface area (Å²) in [5, 5.41) is 21.1. The molecule has 3 atom stereocenters. The second-order valence-corrected chi connectivity index (χ2v) is 5.69. The Kier molecular flexibility index (Phi) is 8.11. The maximum absolute atomic E-state index is 11.8. The fraction of sp³-hybridized carbons (Fsp3) is 0.529. The summed E-state index contributed by atoms with van der Waals surface area (Å²) in [4.78, 5) is 22.8. The van der Waals surface area contributed by atoms with Crippen molar-refractivity contribution < 1.29 is 24.5 Å². The molecular formula is C17H25NO5. The molecule has 1 rings (SSSR count). The first-order valence-corrected chi connectivity index (χ1v) is 7.82. The van der Waals surface area contributed by atoms with Gasteiger partial charge in [0.2, 0.25) is 0 Å². The van der Waals surface area contributed by atoms with Crippen molar-refractivity contribution in [1.29, 1.82) is 0 Å². The monoisotopic (exact) mass is 323 g/mol. The molecule has 0 heterocycles. The number of carboxylic acids is 1. The Morgan fingerprint density at radius 2 is 1.87 bits per heavy atom. The van der Waals surface area contributed by atoms with Crippen LogP contribution in [0.15, 0.2) is 30.3 Å². The van der Waals surface area contributed by atoms with Crippen molar-refractivity contribution in [3.05, 3.63) is 35.9 Å². The van der Waals surface area contributed by atoms with Crippen LogP contribution in [0.1, 0.15) is 38.7 Å². The average molecular weight is 323 g/mol. The highest BCUT2D eigenvalue weighted by molar-refractivity contribution is 5.75. The number of benzene rings is 1. The Morgan fingerprint density at radius 1 is 1.22 bits per heavy atom. The molecule has 0 bridgehead atoms. The minimum atomic E-state index is -1.65. The smallest absolute Gasteiger partial charge is 0.407 e. The van der Waals surface area contributed by atoms with Gasteiger partial charge in [-0.25, -0.2) is 9.59 Å². The van der Waals surface area contributed by atoms with E-state index in [1.54, 1.807) is 0 Å². The molecule has 1 amide bonds. The SMILES string of the molecule is CC[C@H](C)CCC(NC(=O)OCc1ccccc1)C(O)C(=O)O. The van der Waals surface area contributed by atoms with Crippen LogP contribution in [-0.4, -0.2) is 34.4 Å². The molecule has 0 radical (unpaired) electrons.